The Morgan fingerprint density at radius 3 is 1.03 bits per heavy atom. The molecule has 0 fully saturated rings. The molecule has 15 aromatic rings. The summed E-state index contributed by atoms with van der Waals surface area (Å²) in [6, 6.07) is 101. The van der Waals surface area contributed by atoms with Crippen molar-refractivity contribution in [3.8, 4) is 50.2 Å². The largest absolute Gasteiger partial charge is 0.310 e. The Kier molecular flexibility index (Phi) is 13.3. The van der Waals surface area contributed by atoms with Crippen molar-refractivity contribution in [2.24, 2.45) is 0 Å². The third kappa shape index (κ3) is 10.6. The van der Waals surface area contributed by atoms with Gasteiger partial charge in [-0.1, -0.05) is 329 Å². The summed E-state index contributed by atoms with van der Waals surface area (Å²) in [4.78, 5) is 5.11. The van der Waals surface area contributed by atoms with Crippen molar-refractivity contribution in [1.82, 2.24) is 4.57 Å². The van der Waals surface area contributed by atoms with E-state index in [2.05, 4.69) is 351 Å². The van der Waals surface area contributed by atoms with Crippen molar-refractivity contribution in [3.05, 3.63) is 350 Å². The predicted molar refractivity (Wildman–Crippen MR) is 436 cm³/mol. The summed E-state index contributed by atoms with van der Waals surface area (Å²) < 4.78 is 77.7. The van der Waals surface area contributed by atoms with Gasteiger partial charge in [0.2, 0.25) is 0 Å². The second kappa shape index (κ2) is 24.6. The van der Waals surface area contributed by atoms with Gasteiger partial charge >= 0.3 is 0 Å². The van der Waals surface area contributed by atoms with E-state index in [1.165, 1.54) is 26.3 Å². The van der Waals surface area contributed by atoms with E-state index in [1.807, 2.05) is 6.07 Å². The molecule has 0 saturated carbocycles. The minimum atomic E-state index is -3.34. The van der Waals surface area contributed by atoms with Crippen LogP contribution in [0.1, 0.15) is 90.0 Å². The molecule has 1 aromatic heterocycles. The molecule has 0 radical (unpaired) electrons. The first kappa shape index (κ1) is 54.6. The van der Waals surface area contributed by atoms with Crippen molar-refractivity contribution in [2.45, 2.75) is 78.6 Å². The van der Waals surface area contributed by atoms with Crippen molar-refractivity contribution in [3.63, 3.8) is 0 Å². The molecule has 17 rings (SSSR count). The van der Waals surface area contributed by atoms with Gasteiger partial charge < -0.3 is 14.4 Å². The lowest BCUT2D eigenvalue weighted by molar-refractivity contribution is 0.590. The highest BCUT2D eigenvalue weighted by molar-refractivity contribution is 7.20. The molecule has 0 N–H and O–H groups in total. The third-order valence-corrected chi connectivity index (χ3v) is 25.8. The monoisotopic (exact) mass is 1320 g/mol. The molecule has 0 unspecified atom stereocenters. The average molecular weight is 1320 g/mol. The van der Waals surface area contributed by atoms with E-state index in [0.717, 1.165) is 106 Å². The topological polar surface area (TPSA) is 11.4 Å². The fourth-order valence-electron chi connectivity index (χ4n) is 16.0. The molecule has 101 heavy (non-hydrogen) atoms. The first-order valence-corrected chi connectivity index (χ1v) is 37.2. The van der Waals surface area contributed by atoms with Gasteiger partial charge in [-0.05, 0) is 159 Å². The molecule has 3 heterocycles. The highest BCUT2D eigenvalue weighted by atomic mass is 28.3. The Bertz CT molecular complexity index is 5840. The van der Waals surface area contributed by atoms with Crippen LogP contribution >= 0.6 is 0 Å². The number of hydrogen-bond donors (Lipinski definition) is 0. The minimum Gasteiger partial charge on any atom is -0.310 e. The van der Waals surface area contributed by atoms with Gasteiger partial charge in [0, 0.05) is 61.5 Å². The van der Waals surface area contributed by atoms with E-state index in [9.17, 15) is 8.22 Å². The van der Waals surface area contributed by atoms with Gasteiger partial charge in [-0.15, -0.1) is 0 Å². The van der Waals surface area contributed by atoms with Crippen molar-refractivity contribution < 1.29 is 11.0 Å². The highest BCUT2D eigenvalue weighted by Crippen LogP contribution is 2.55. The lowest BCUT2D eigenvalue weighted by atomic mass is 9.33. The summed E-state index contributed by atoms with van der Waals surface area (Å²) in [6.07, 6.45) is 0. The first-order chi connectivity index (χ1) is 52.4. The summed E-state index contributed by atoms with van der Waals surface area (Å²) in [5, 5.41) is 4.90. The maximum Gasteiger partial charge on any atom is 0.252 e. The van der Waals surface area contributed by atoms with Crippen LogP contribution in [0, 0.1) is 0 Å². The Labute approximate surface area is 608 Å². The highest BCUT2D eigenvalue weighted by Gasteiger charge is 2.49. The predicted octanol–water partition coefficient (Wildman–Crippen LogP) is 20.8. The smallest absolute Gasteiger partial charge is 0.252 e. The second-order valence-corrected chi connectivity index (χ2v) is 34.0. The maximum absolute atomic E-state index is 9.92. The van der Waals surface area contributed by atoms with E-state index in [1.54, 1.807) is 4.57 Å². The Hall–Kier alpha value is -11.2. The normalized spacial score (nSPS) is 14.0. The Balaban J connectivity index is 1.11. The molecule has 5 heteroatoms. The van der Waals surface area contributed by atoms with Crippen LogP contribution < -0.4 is 46.9 Å². The van der Waals surface area contributed by atoms with Crippen LogP contribution in [0.5, 0.6) is 0 Å². The summed E-state index contributed by atoms with van der Waals surface area (Å²) in [5.41, 5.74) is 19.8. The molecule has 2 aliphatic heterocycles. The van der Waals surface area contributed by atoms with Crippen LogP contribution in [0.4, 0.5) is 34.1 Å². The quantitative estimate of drug-likeness (QED) is 0.0944. The zero-order valence-electron chi connectivity index (χ0n) is 66.6. The number of benzene rings is 14. The molecule has 0 saturated heterocycles. The molecule has 3 nitrogen and oxygen atoms in total. The average Bonchev–Trinajstić information content (AvgIpc) is 1.55. The van der Waals surface area contributed by atoms with E-state index in [-0.39, 0.29) is 44.7 Å². The van der Waals surface area contributed by atoms with E-state index in [4.69, 9.17) is 2.74 Å². The molecule has 0 aliphatic carbocycles. The first-order valence-electron chi connectivity index (χ1n) is 39.2. The van der Waals surface area contributed by atoms with Gasteiger partial charge in [0.25, 0.3) is 6.71 Å². The van der Waals surface area contributed by atoms with Crippen molar-refractivity contribution in [2.75, 3.05) is 9.80 Å². The number of rotatable bonds is 11. The standard InChI is InChI=1S/C96H82BN3Si/c1-94(2,3)69-57-79(65-35-17-10-18-36-65)92(80(58-69)66-37-19-11-20-38-66)99-87-56-54-76(101(73-43-25-14-26-44-73,74-45-27-15-28-46-74)75-47-29-16-30-48-75)64-84(87)97-83-55-53-72(98-85-51-33-31-49-77(85)78-50-32-34-52-86(78)98)63-88(83)100(90-62-71(96(7,8)9)61-89(99)91(90)97)93-81(67-39-21-12-22-40-67)59-70(95(4,5)6)60-82(93)68-41-23-13-24-42-68/h10-64H,1-9H3/i31D,32D,33D,34D,49D,50D,51D,52D. The number of hydrogen-bond acceptors (Lipinski definition) is 2. The number of nitrogens with zero attached hydrogens (tertiary/aromatic N) is 3. The van der Waals surface area contributed by atoms with Crippen LogP contribution in [-0.4, -0.2) is 19.4 Å². The van der Waals surface area contributed by atoms with Crippen molar-refractivity contribution >= 4 is 108 Å². The summed E-state index contributed by atoms with van der Waals surface area (Å²) in [5.74, 6) is 0. The molecule has 0 atom stereocenters. The van der Waals surface area contributed by atoms with Gasteiger partial charge in [0.05, 0.1) is 33.4 Å². The molecular weight excluding hydrogens is 1230 g/mol. The lowest BCUT2D eigenvalue weighted by Gasteiger charge is -2.47. The summed E-state index contributed by atoms with van der Waals surface area (Å²) >= 11 is 0. The molecule has 488 valence electrons. The maximum atomic E-state index is 9.92. The van der Waals surface area contributed by atoms with Gasteiger partial charge in [0.1, 0.15) is 0 Å². The zero-order chi connectivity index (χ0) is 75.9. The van der Waals surface area contributed by atoms with Crippen LogP contribution in [-0.2, 0) is 16.2 Å². The van der Waals surface area contributed by atoms with Gasteiger partial charge in [-0.2, -0.15) is 0 Å². The molecule has 2 aliphatic rings. The van der Waals surface area contributed by atoms with Gasteiger partial charge in [0.15, 0.2) is 8.07 Å². The van der Waals surface area contributed by atoms with E-state index in [0.29, 0.717) is 5.69 Å². The van der Waals surface area contributed by atoms with Gasteiger partial charge in [-0.25, -0.2) is 0 Å². The molecule has 0 spiro atoms. The van der Waals surface area contributed by atoms with Crippen LogP contribution in [0.15, 0.2) is 333 Å². The lowest BCUT2D eigenvalue weighted by Crippen LogP contribution is -2.75. The van der Waals surface area contributed by atoms with Crippen LogP contribution in [0.25, 0.3) is 72.0 Å². The molecule has 0 bridgehead atoms. The Morgan fingerprint density at radius 2 is 0.653 bits per heavy atom. The van der Waals surface area contributed by atoms with E-state index >= 15 is 0 Å². The Morgan fingerprint density at radius 1 is 0.307 bits per heavy atom. The SMILES string of the molecule is [2H]c1c([2H])c([2H])c2c(c1[2H])c1c([2H])c([2H])c([2H])c([2H])c1n2-c1ccc2c(c1)N(c1c(-c3ccccc3)cc(C(C)(C)C)cc1-c1ccccc1)c1cc(C(C)(C)C)cc3c1B2c1cc([Si](c2ccccc2)(c2ccccc2)c2ccccc2)ccc1N3c1c(-c2ccccc2)cc(C(C)(C)C)cc1-c1ccccc1. The van der Waals surface area contributed by atoms with Crippen LogP contribution in [0.3, 0.4) is 0 Å². The number of fused-ring (bicyclic) bond motifs is 7. The van der Waals surface area contributed by atoms with Crippen molar-refractivity contribution in [1.29, 1.82) is 0 Å². The van der Waals surface area contributed by atoms with Gasteiger partial charge in [-0.3, -0.25) is 0 Å². The zero-order valence-corrected chi connectivity index (χ0v) is 59.6. The third-order valence-electron chi connectivity index (χ3n) is 21.0. The number of anilines is 6. The summed E-state index contributed by atoms with van der Waals surface area (Å²) in [6.45, 7) is 20.1. The second-order valence-electron chi connectivity index (χ2n) is 30.2. The summed E-state index contributed by atoms with van der Waals surface area (Å²) in [7, 11) is -3.34. The fraction of sp³-hybridized carbons (Fsp3) is 0.125. The molecular formula is C96H82BN3Si. The number of aromatic nitrogens is 1. The van der Waals surface area contributed by atoms with E-state index < -0.39 is 56.5 Å². The minimum absolute atomic E-state index is 0.0138. The molecule has 0 amide bonds. The molecule has 14 aromatic carbocycles. The van der Waals surface area contributed by atoms with Crippen LogP contribution in [0.2, 0.25) is 0 Å². The number of para-hydroxylation sites is 2. The fourth-order valence-corrected chi connectivity index (χ4v) is 20.8.